The number of hydrogen-bond acceptors (Lipinski definition) is 3. The van der Waals surface area contributed by atoms with Crippen LogP contribution in [0.5, 0.6) is 5.75 Å². The van der Waals surface area contributed by atoms with Crippen molar-refractivity contribution in [3.63, 3.8) is 0 Å². The van der Waals surface area contributed by atoms with Gasteiger partial charge in [0, 0.05) is 29.4 Å². The maximum absolute atomic E-state index is 13.0. The number of benzene rings is 2. The number of fused-ring (bicyclic) bond motifs is 2. The Labute approximate surface area is 164 Å². The first-order chi connectivity index (χ1) is 13.6. The Balaban J connectivity index is 1.46. The van der Waals surface area contributed by atoms with Crippen molar-refractivity contribution in [3.8, 4) is 5.75 Å². The van der Waals surface area contributed by atoms with Crippen LogP contribution in [0.15, 0.2) is 54.6 Å². The Bertz CT molecular complexity index is 866. The van der Waals surface area contributed by atoms with Crippen LogP contribution in [-0.4, -0.2) is 29.6 Å². The molecule has 4 rings (SSSR count). The molecule has 28 heavy (non-hydrogen) atoms. The first-order valence-electron chi connectivity index (χ1n) is 9.87. The first kappa shape index (κ1) is 18.5. The second-order valence-corrected chi connectivity index (χ2v) is 7.84. The van der Waals surface area contributed by atoms with Crippen molar-refractivity contribution in [1.29, 1.82) is 0 Å². The molecular formula is C23H25NO4. The molecule has 1 aliphatic carbocycles. The van der Waals surface area contributed by atoms with Gasteiger partial charge in [-0.3, -0.25) is 9.59 Å². The number of carbonyl (C=O) groups excluding carboxylic acids is 1. The third-order valence-electron chi connectivity index (χ3n) is 6.00. The molecule has 1 amide bonds. The van der Waals surface area contributed by atoms with E-state index in [-0.39, 0.29) is 29.7 Å². The van der Waals surface area contributed by atoms with Gasteiger partial charge in [-0.15, -0.1) is 0 Å². The summed E-state index contributed by atoms with van der Waals surface area (Å²) in [4.78, 5) is 24.1. The van der Waals surface area contributed by atoms with Crippen LogP contribution in [0.2, 0.25) is 0 Å². The number of para-hydroxylation sites is 1. The number of carboxylic acids is 1. The van der Waals surface area contributed by atoms with Crippen molar-refractivity contribution in [2.24, 2.45) is 5.92 Å². The quantitative estimate of drug-likeness (QED) is 0.774. The van der Waals surface area contributed by atoms with E-state index in [1.165, 1.54) is 0 Å². The normalized spacial score (nSPS) is 23.4. The Kier molecular flexibility index (Phi) is 5.07. The molecule has 1 unspecified atom stereocenters. The molecule has 146 valence electrons. The van der Waals surface area contributed by atoms with Crippen LogP contribution < -0.4 is 10.1 Å². The highest BCUT2D eigenvalue weighted by molar-refractivity contribution is 5.85. The summed E-state index contributed by atoms with van der Waals surface area (Å²) >= 11 is 0. The van der Waals surface area contributed by atoms with Gasteiger partial charge in [0.2, 0.25) is 5.91 Å². The number of aliphatic carboxylic acids is 1. The maximum atomic E-state index is 13.0. The van der Waals surface area contributed by atoms with Gasteiger partial charge in [0.1, 0.15) is 5.75 Å². The molecule has 0 radical (unpaired) electrons. The Morgan fingerprint density at radius 3 is 2.68 bits per heavy atom. The van der Waals surface area contributed by atoms with E-state index < -0.39 is 5.97 Å². The zero-order valence-corrected chi connectivity index (χ0v) is 15.8. The van der Waals surface area contributed by atoms with Crippen LogP contribution in [-0.2, 0) is 21.4 Å². The van der Waals surface area contributed by atoms with E-state index in [0.29, 0.717) is 19.4 Å². The Morgan fingerprint density at radius 2 is 1.89 bits per heavy atom. The highest BCUT2D eigenvalue weighted by Gasteiger charge is 2.61. The molecule has 5 nitrogen and oxygen atoms in total. The number of carbonyl (C=O) groups is 2. The average molecular weight is 379 g/mol. The third kappa shape index (κ3) is 3.75. The molecule has 1 saturated carbocycles. The molecule has 1 heterocycles. The third-order valence-corrected chi connectivity index (χ3v) is 6.00. The van der Waals surface area contributed by atoms with E-state index in [1.807, 2.05) is 48.5 Å². The molecule has 2 aliphatic rings. The minimum Gasteiger partial charge on any atom is -0.493 e. The smallest absolute Gasteiger partial charge is 0.303 e. The van der Waals surface area contributed by atoms with Gasteiger partial charge in [0.15, 0.2) is 0 Å². The van der Waals surface area contributed by atoms with Crippen LogP contribution in [0.4, 0.5) is 0 Å². The lowest BCUT2D eigenvalue weighted by atomic mass is 9.87. The molecule has 1 aliphatic heterocycles. The molecule has 2 N–H and O–H groups in total. The fourth-order valence-corrected chi connectivity index (χ4v) is 4.43. The van der Waals surface area contributed by atoms with E-state index in [1.54, 1.807) is 0 Å². The van der Waals surface area contributed by atoms with Crippen LogP contribution in [0.3, 0.4) is 0 Å². The van der Waals surface area contributed by atoms with E-state index >= 15 is 0 Å². The van der Waals surface area contributed by atoms with E-state index in [0.717, 1.165) is 29.7 Å². The van der Waals surface area contributed by atoms with Crippen molar-refractivity contribution in [2.75, 3.05) is 6.61 Å². The zero-order valence-electron chi connectivity index (χ0n) is 15.8. The van der Waals surface area contributed by atoms with Crippen LogP contribution in [0.25, 0.3) is 0 Å². The van der Waals surface area contributed by atoms with Crippen molar-refractivity contribution in [1.82, 2.24) is 5.32 Å². The van der Waals surface area contributed by atoms with E-state index in [2.05, 4.69) is 11.4 Å². The molecule has 0 saturated heterocycles. The Hall–Kier alpha value is -2.82. The predicted octanol–water partition coefficient (Wildman–Crippen LogP) is 3.32. The minimum absolute atomic E-state index is 0.0306. The summed E-state index contributed by atoms with van der Waals surface area (Å²) in [5.74, 6) is 0.00740. The maximum Gasteiger partial charge on any atom is 0.303 e. The number of hydrogen-bond donors (Lipinski definition) is 2. The number of rotatable bonds is 7. The lowest BCUT2D eigenvalue weighted by Crippen LogP contribution is -2.39. The molecule has 2 aromatic carbocycles. The minimum atomic E-state index is -0.839. The fourth-order valence-electron chi connectivity index (χ4n) is 4.43. The lowest BCUT2D eigenvalue weighted by Gasteiger charge is -2.27. The number of ether oxygens (including phenoxy) is 1. The van der Waals surface area contributed by atoms with Crippen LogP contribution in [0, 0.1) is 5.92 Å². The zero-order chi connectivity index (χ0) is 19.6. The molecule has 5 heteroatoms. The summed E-state index contributed by atoms with van der Waals surface area (Å²) in [6.45, 7) is 0.632. The molecule has 0 bridgehead atoms. The molecule has 2 aromatic rings. The van der Waals surface area contributed by atoms with Gasteiger partial charge < -0.3 is 15.2 Å². The first-order valence-corrected chi connectivity index (χ1v) is 9.87. The van der Waals surface area contributed by atoms with Gasteiger partial charge in [0.25, 0.3) is 0 Å². The number of amides is 1. The van der Waals surface area contributed by atoms with Crippen molar-refractivity contribution in [2.45, 2.75) is 43.6 Å². The number of carboxylic acid groups (broad SMARTS) is 1. The van der Waals surface area contributed by atoms with Gasteiger partial charge in [-0.1, -0.05) is 48.5 Å². The monoisotopic (exact) mass is 379 g/mol. The van der Waals surface area contributed by atoms with Gasteiger partial charge in [0.05, 0.1) is 6.61 Å². The van der Waals surface area contributed by atoms with Gasteiger partial charge in [-0.2, -0.15) is 0 Å². The summed E-state index contributed by atoms with van der Waals surface area (Å²) in [7, 11) is 0. The number of nitrogens with one attached hydrogen (secondary N) is 1. The van der Waals surface area contributed by atoms with Crippen molar-refractivity contribution >= 4 is 11.9 Å². The van der Waals surface area contributed by atoms with E-state index in [9.17, 15) is 9.59 Å². The SMILES string of the molecule is O=C(O)CCC(Cc1ccccc1)NC(=O)[C@@H]1C[C@]12CCOc1ccccc12. The molecule has 0 aromatic heterocycles. The highest BCUT2D eigenvalue weighted by atomic mass is 16.5. The van der Waals surface area contributed by atoms with E-state index in [4.69, 9.17) is 9.84 Å². The molecule has 1 fully saturated rings. The van der Waals surface area contributed by atoms with Gasteiger partial charge in [-0.25, -0.2) is 0 Å². The summed E-state index contributed by atoms with van der Waals surface area (Å²) in [5.41, 5.74) is 2.11. The van der Waals surface area contributed by atoms with Crippen molar-refractivity contribution in [3.05, 3.63) is 65.7 Å². The van der Waals surface area contributed by atoms with Gasteiger partial charge in [-0.05, 0) is 37.3 Å². The molecule has 1 spiro atoms. The second kappa shape index (κ2) is 7.66. The Morgan fingerprint density at radius 1 is 1.14 bits per heavy atom. The summed E-state index contributed by atoms with van der Waals surface area (Å²) in [6, 6.07) is 17.7. The largest absolute Gasteiger partial charge is 0.493 e. The fraction of sp³-hybridized carbons (Fsp3) is 0.391. The van der Waals surface area contributed by atoms with Crippen LogP contribution in [0.1, 0.15) is 36.8 Å². The second-order valence-electron chi connectivity index (χ2n) is 7.84. The topological polar surface area (TPSA) is 75.6 Å². The summed E-state index contributed by atoms with van der Waals surface area (Å²) in [5, 5.41) is 12.2. The highest BCUT2D eigenvalue weighted by Crippen LogP contribution is 2.60. The molecular weight excluding hydrogens is 354 g/mol. The summed E-state index contributed by atoms with van der Waals surface area (Å²) in [6.07, 6.45) is 2.79. The standard InChI is InChI=1S/C23H25NO4/c25-21(26)11-10-17(14-16-6-2-1-3-7-16)24-22(27)19-15-23(19)12-13-28-20-9-5-4-8-18(20)23/h1-9,17,19H,10-15H2,(H,24,27)(H,25,26)/t17?,19-,23-/m0/s1. The summed E-state index contributed by atoms with van der Waals surface area (Å²) < 4.78 is 5.76. The lowest BCUT2D eigenvalue weighted by molar-refractivity contribution is -0.137. The molecule has 3 atom stereocenters. The van der Waals surface area contributed by atoms with Crippen LogP contribution >= 0.6 is 0 Å². The van der Waals surface area contributed by atoms with Gasteiger partial charge >= 0.3 is 5.97 Å². The predicted molar refractivity (Wildman–Crippen MR) is 105 cm³/mol. The van der Waals surface area contributed by atoms with Crippen molar-refractivity contribution < 1.29 is 19.4 Å². The average Bonchev–Trinajstić information content (AvgIpc) is 3.42.